The molecule has 0 saturated carbocycles. The van der Waals surface area contributed by atoms with Crippen LogP contribution in [0.5, 0.6) is 5.75 Å². The predicted octanol–water partition coefficient (Wildman–Crippen LogP) is 2.38. The third-order valence-corrected chi connectivity index (χ3v) is 4.95. The number of piperazine rings is 1. The molecule has 27 heavy (non-hydrogen) atoms. The van der Waals surface area contributed by atoms with Crippen molar-refractivity contribution in [1.29, 1.82) is 0 Å². The lowest BCUT2D eigenvalue weighted by atomic mass is 10.1. The first-order valence-electron chi connectivity index (χ1n) is 9.07. The average Bonchev–Trinajstić information content (AvgIpc) is 3.11. The molecule has 0 spiro atoms. The molecule has 1 aliphatic heterocycles. The number of amides is 1. The number of carbonyl (C=O) groups is 1. The smallest absolute Gasteiger partial charge is 0.219 e. The molecule has 7 nitrogen and oxygen atoms in total. The summed E-state index contributed by atoms with van der Waals surface area (Å²) in [6.07, 6.45) is 0. The fourth-order valence-corrected chi connectivity index (χ4v) is 3.48. The van der Waals surface area contributed by atoms with E-state index in [1.54, 1.807) is 14.0 Å². The molecule has 0 bridgehead atoms. The molecule has 0 unspecified atom stereocenters. The van der Waals surface area contributed by atoms with Crippen molar-refractivity contribution < 1.29 is 9.53 Å². The maximum atomic E-state index is 11.6. The van der Waals surface area contributed by atoms with Gasteiger partial charge in [-0.1, -0.05) is 12.1 Å². The summed E-state index contributed by atoms with van der Waals surface area (Å²) in [7, 11) is 1.66. The fraction of sp³-hybridized carbons (Fsp3) is 0.350. The molecule has 1 amide bonds. The van der Waals surface area contributed by atoms with Crippen LogP contribution >= 0.6 is 0 Å². The quantitative estimate of drug-likeness (QED) is 0.713. The number of fused-ring (bicyclic) bond motifs is 1. The number of nitrogens with zero attached hydrogens (tertiary/aromatic N) is 5. The maximum Gasteiger partial charge on any atom is 0.219 e. The van der Waals surface area contributed by atoms with Crippen LogP contribution in [0.4, 0.5) is 5.82 Å². The zero-order valence-electron chi connectivity index (χ0n) is 15.8. The van der Waals surface area contributed by atoms with Gasteiger partial charge in [0.05, 0.1) is 12.8 Å². The van der Waals surface area contributed by atoms with Gasteiger partial charge in [0.25, 0.3) is 0 Å². The van der Waals surface area contributed by atoms with Gasteiger partial charge in [-0.25, -0.2) is 4.98 Å². The lowest BCUT2D eigenvalue weighted by Crippen LogP contribution is -2.48. The molecule has 3 heterocycles. The summed E-state index contributed by atoms with van der Waals surface area (Å²) in [6.45, 7) is 6.63. The third kappa shape index (κ3) is 3.32. The van der Waals surface area contributed by atoms with E-state index in [1.807, 2.05) is 46.7 Å². The van der Waals surface area contributed by atoms with E-state index >= 15 is 0 Å². The van der Waals surface area contributed by atoms with Crippen molar-refractivity contribution in [2.24, 2.45) is 0 Å². The van der Waals surface area contributed by atoms with Crippen molar-refractivity contribution in [3.63, 3.8) is 0 Å². The number of methoxy groups -OCH3 is 1. The summed E-state index contributed by atoms with van der Waals surface area (Å²) < 4.78 is 7.22. The van der Waals surface area contributed by atoms with Crippen LogP contribution in [0.2, 0.25) is 0 Å². The van der Waals surface area contributed by atoms with Gasteiger partial charge in [0.2, 0.25) is 5.91 Å². The Morgan fingerprint density at radius 2 is 1.89 bits per heavy atom. The lowest BCUT2D eigenvalue weighted by Gasteiger charge is -2.35. The van der Waals surface area contributed by atoms with Gasteiger partial charge in [-0.05, 0) is 19.1 Å². The molecule has 1 aromatic carbocycles. The Balaban J connectivity index is 1.71. The van der Waals surface area contributed by atoms with Crippen LogP contribution in [0.1, 0.15) is 12.6 Å². The first kappa shape index (κ1) is 17.3. The van der Waals surface area contributed by atoms with E-state index in [-0.39, 0.29) is 5.91 Å². The average molecular weight is 365 g/mol. The molecule has 2 aromatic heterocycles. The van der Waals surface area contributed by atoms with Crippen LogP contribution in [0.15, 0.2) is 36.4 Å². The van der Waals surface area contributed by atoms with Gasteiger partial charge in [-0.15, -0.1) is 0 Å². The van der Waals surface area contributed by atoms with E-state index in [1.165, 1.54) is 0 Å². The van der Waals surface area contributed by atoms with Gasteiger partial charge in [-0.3, -0.25) is 4.79 Å². The largest absolute Gasteiger partial charge is 0.497 e. The van der Waals surface area contributed by atoms with E-state index in [4.69, 9.17) is 9.84 Å². The minimum atomic E-state index is 0.130. The summed E-state index contributed by atoms with van der Waals surface area (Å²) in [4.78, 5) is 20.4. The summed E-state index contributed by atoms with van der Waals surface area (Å²) >= 11 is 0. The highest BCUT2D eigenvalue weighted by molar-refractivity contribution is 5.73. The first-order chi connectivity index (χ1) is 13.0. The van der Waals surface area contributed by atoms with E-state index in [0.717, 1.165) is 60.3 Å². The maximum absolute atomic E-state index is 11.6. The summed E-state index contributed by atoms with van der Waals surface area (Å²) in [5.74, 6) is 1.94. The molecule has 4 rings (SSSR count). The second-order valence-electron chi connectivity index (χ2n) is 6.78. The highest BCUT2D eigenvalue weighted by Gasteiger charge is 2.22. The molecule has 3 aromatic rings. The highest BCUT2D eigenvalue weighted by atomic mass is 16.5. The highest BCUT2D eigenvalue weighted by Crippen LogP contribution is 2.26. The van der Waals surface area contributed by atoms with Crippen LogP contribution in [-0.4, -0.2) is 58.7 Å². The molecule has 0 aliphatic carbocycles. The van der Waals surface area contributed by atoms with Crippen molar-refractivity contribution in [1.82, 2.24) is 19.5 Å². The zero-order chi connectivity index (χ0) is 19.0. The van der Waals surface area contributed by atoms with Crippen LogP contribution in [-0.2, 0) is 4.79 Å². The topological polar surface area (TPSA) is 63.0 Å². The number of hydrogen-bond donors (Lipinski definition) is 0. The van der Waals surface area contributed by atoms with E-state index in [2.05, 4.69) is 16.0 Å². The Kier molecular flexibility index (Phi) is 4.43. The number of aryl methyl sites for hydroxylation is 1. The molecule has 0 radical (unpaired) electrons. The first-order valence-corrected chi connectivity index (χ1v) is 9.07. The van der Waals surface area contributed by atoms with Gasteiger partial charge in [-0.2, -0.15) is 9.61 Å². The Morgan fingerprint density at radius 1 is 1.11 bits per heavy atom. The molecule has 0 atom stereocenters. The van der Waals surface area contributed by atoms with Gasteiger partial charge in [0, 0.05) is 56.5 Å². The number of benzene rings is 1. The second kappa shape index (κ2) is 6.90. The van der Waals surface area contributed by atoms with Gasteiger partial charge < -0.3 is 14.5 Å². The van der Waals surface area contributed by atoms with Crippen LogP contribution in [0.3, 0.4) is 0 Å². The fourth-order valence-electron chi connectivity index (χ4n) is 3.48. The van der Waals surface area contributed by atoms with Crippen LogP contribution < -0.4 is 9.64 Å². The molecule has 1 aliphatic rings. The summed E-state index contributed by atoms with van der Waals surface area (Å²) in [5.41, 5.74) is 3.61. The SMILES string of the molecule is COc1cccc(-c2cc3nc(C)cc(N4CCN(C(C)=O)CC4)n3n2)c1. The Bertz CT molecular complexity index is 989. The van der Waals surface area contributed by atoms with Gasteiger partial charge in [0.1, 0.15) is 11.6 Å². The predicted molar refractivity (Wildman–Crippen MR) is 104 cm³/mol. The molecular weight excluding hydrogens is 342 g/mol. The zero-order valence-corrected chi connectivity index (χ0v) is 15.8. The normalized spacial score (nSPS) is 14.6. The summed E-state index contributed by atoms with van der Waals surface area (Å²) in [6, 6.07) is 11.9. The molecule has 0 N–H and O–H groups in total. The van der Waals surface area contributed by atoms with Crippen LogP contribution in [0, 0.1) is 6.92 Å². The van der Waals surface area contributed by atoms with Gasteiger partial charge in [0.15, 0.2) is 5.65 Å². The number of rotatable bonds is 3. The Morgan fingerprint density at radius 3 is 2.59 bits per heavy atom. The molecular formula is C20H23N5O2. The second-order valence-corrected chi connectivity index (χ2v) is 6.78. The number of carbonyl (C=O) groups excluding carboxylic acids is 1. The molecule has 1 saturated heterocycles. The van der Waals surface area contributed by atoms with E-state index < -0.39 is 0 Å². The number of aromatic nitrogens is 3. The van der Waals surface area contributed by atoms with Crippen LogP contribution in [0.25, 0.3) is 16.9 Å². The van der Waals surface area contributed by atoms with Crippen molar-refractivity contribution in [3.8, 4) is 17.0 Å². The Labute approximate surface area is 158 Å². The number of anilines is 1. The number of ether oxygens (including phenoxy) is 1. The minimum Gasteiger partial charge on any atom is -0.497 e. The van der Waals surface area contributed by atoms with E-state index in [9.17, 15) is 4.79 Å². The van der Waals surface area contributed by atoms with E-state index in [0.29, 0.717) is 0 Å². The van der Waals surface area contributed by atoms with Crippen molar-refractivity contribution in [2.45, 2.75) is 13.8 Å². The summed E-state index contributed by atoms with van der Waals surface area (Å²) in [5, 5.41) is 4.81. The van der Waals surface area contributed by atoms with Crippen molar-refractivity contribution in [3.05, 3.63) is 42.1 Å². The number of hydrogen-bond acceptors (Lipinski definition) is 5. The lowest BCUT2D eigenvalue weighted by molar-refractivity contribution is -0.129. The third-order valence-electron chi connectivity index (χ3n) is 4.95. The van der Waals surface area contributed by atoms with Crippen molar-refractivity contribution in [2.75, 3.05) is 38.2 Å². The minimum absolute atomic E-state index is 0.130. The van der Waals surface area contributed by atoms with Gasteiger partial charge >= 0.3 is 0 Å². The monoisotopic (exact) mass is 365 g/mol. The molecule has 7 heteroatoms. The standard InChI is InChI=1S/C20H23N5O2/c1-14-11-20(24-9-7-23(8-10-24)15(2)26)25-19(21-14)13-18(22-25)16-5-4-6-17(12-16)27-3/h4-6,11-13H,7-10H2,1-3H3. The van der Waals surface area contributed by atoms with Crippen molar-refractivity contribution >= 4 is 17.4 Å². The Hall–Kier alpha value is -3.09. The molecule has 1 fully saturated rings. The molecule has 140 valence electrons.